The number of alkyl halides is 1. The van der Waals surface area contributed by atoms with E-state index >= 15 is 0 Å². The van der Waals surface area contributed by atoms with Crippen molar-refractivity contribution in [3.63, 3.8) is 0 Å². The van der Waals surface area contributed by atoms with Crippen LogP contribution in [-0.2, 0) is 6.54 Å². The summed E-state index contributed by atoms with van der Waals surface area (Å²) in [7, 11) is 0. The first-order valence-electron chi connectivity index (χ1n) is 5.46. The van der Waals surface area contributed by atoms with Gasteiger partial charge in [-0.05, 0) is 31.5 Å². The summed E-state index contributed by atoms with van der Waals surface area (Å²) in [6, 6.07) is 4.12. The van der Waals surface area contributed by atoms with Gasteiger partial charge in [0, 0.05) is 24.6 Å². The van der Waals surface area contributed by atoms with E-state index in [-0.39, 0.29) is 0 Å². The molecule has 1 aromatic heterocycles. The van der Waals surface area contributed by atoms with Crippen molar-refractivity contribution in [2.24, 2.45) is 0 Å². The highest BCUT2D eigenvalue weighted by molar-refractivity contribution is 9.09. The molecule has 1 heterocycles. The molecule has 84 valence electrons. The van der Waals surface area contributed by atoms with Crippen molar-refractivity contribution in [2.75, 3.05) is 18.4 Å². The lowest BCUT2D eigenvalue weighted by molar-refractivity contribution is 0.280. The highest BCUT2D eigenvalue weighted by atomic mass is 79.9. The Labute approximate surface area is 101 Å². The predicted octanol–water partition coefficient (Wildman–Crippen LogP) is 3.00. The summed E-state index contributed by atoms with van der Waals surface area (Å²) in [5, 5.41) is 1.03. The standard InChI is InChI=1S/C12H19BrN2/c1-3-8-15(9-6-13)10-12-11(2)5-4-7-14-12/h4-5,7H,3,6,8-10H2,1-2H3. The minimum atomic E-state index is 0.964. The van der Waals surface area contributed by atoms with Gasteiger partial charge in [-0.1, -0.05) is 28.9 Å². The Hall–Kier alpha value is -0.410. The highest BCUT2D eigenvalue weighted by Crippen LogP contribution is 2.07. The zero-order chi connectivity index (χ0) is 11.1. The zero-order valence-corrected chi connectivity index (χ0v) is 11.1. The average Bonchev–Trinajstić information content (AvgIpc) is 2.22. The van der Waals surface area contributed by atoms with Gasteiger partial charge in [-0.15, -0.1) is 0 Å². The average molecular weight is 271 g/mol. The van der Waals surface area contributed by atoms with E-state index in [1.807, 2.05) is 12.3 Å². The van der Waals surface area contributed by atoms with Crippen molar-refractivity contribution in [1.29, 1.82) is 0 Å². The van der Waals surface area contributed by atoms with Crippen LogP contribution in [0.1, 0.15) is 24.6 Å². The number of aromatic nitrogens is 1. The first-order chi connectivity index (χ1) is 7.27. The Bertz CT molecular complexity index is 283. The molecule has 0 atom stereocenters. The molecule has 0 bridgehead atoms. The van der Waals surface area contributed by atoms with Gasteiger partial charge in [-0.2, -0.15) is 0 Å². The second-order valence-corrected chi connectivity index (χ2v) is 4.53. The first kappa shape index (κ1) is 12.7. The topological polar surface area (TPSA) is 16.1 Å². The Kier molecular flexibility index (Phi) is 5.88. The van der Waals surface area contributed by atoms with Crippen LogP contribution in [0.15, 0.2) is 18.3 Å². The van der Waals surface area contributed by atoms with E-state index in [0.717, 1.165) is 25.0 Å². The molecule has 0 aromatic carbocycles. The van der Waals surface area contributed by atoms with Crippen LogP contribution in [0.3, 0.4) is 0 Å². The Morgan fingerprint density at radius 1 is 1.40 bits per heavy atom. The normalized spacial score (nSPS) is 10.9. The molecule has 0 amide bonds. The van der Waals surface area contributed by atoms with Crippen LogP contribution in [0, 0.1) is 6.92 Å². The first-order valence-corrected chi connectivity index (χ1v) is 6.59. The van der Waals surface area contributed by atoms with E-state index in [4.69, 9.17) is 0 Å². The van der Waals surface area contributed by atoms with Gasteiger partial charge in [-0.3, -0.25) is 9.88 Å². The number of halogens is 1. The highest BCUT2D eigenvalue weighted by Gasteiger charge is 2.06. The van der Waals surface area contributed by atoms with Gasteiger partial charge in [0.25, 0.3) is 0 Å². The SMILES string of the molecule is CCCN(CCBr)Cc1ncccc1C. The summed E-state index contributed by atoms with van der Waals surface area (Å²) in [6.07, 6.45) is 3.07. The molecule has 0 fully saturated rings. The molecular weight excluding hydrogens is 252 g/mol. The largest absolute Gasteiger partial charge is 0.297 e. The fraction of sp³-hybridized carbons (Fsp3) is 0.583. The molecule has 0 saturated carbocycles. The summed E-state index contributed by atoms with van der Waals surface area (Å²) >= 11 is 3.49. The maximum absolute atomic E-state index is 4.43. The van der Waals surface area contributed by atoms with Crippen LogP contribution in [0.4, 0.5) is 0 Å². The number of nitrogens with zero attached hydrogens (tertiary/aromatic N) is 2. The third kappa shape index (κ3) is 4.31. The summed E-state index contributed by atoms with van der Waals surface area (Å²) in [6.45, 7) is 7.53. The van der Waals surface area contributed by atoms with Crippen LogP contribution < -0.4 is 0 Å². The number of pyridine rings is 1. The van der Waals surface area contributed by atoms with Crippen LogP contribution >= 0.6 is 15.9 Å². The summed E-state index contributed by atoms with van der Waals surface area (Å²) < 4.78 is 0. The van der Waals surface area contributed by atoms with Gasteiger partial charge >= 0.3 is 0 Å². The lowest BCUT2D eigenvalue weighted by atomic mass is 10.2. The molecule has 3 heteroatoms. The van der Waals surface area contributed by atoms with Crippen LogP contribution in [0.5, 0.6) is 0 Å². The second-order valence-electron chi connectivity index (χ2n) is 3.73. The number of rotatable bonds is 6. The minimum absolute atomic E-state index is 0.964. The third-order valence-electron chi connectivity index (χ3n) is 2.43. The van der Waals surface area contributed by atoms with Gasteiger partial charge in [0.1, 0.15) is 0 Å². The lowest BCUT2D eigenvalue weighted by Gasteiger charge is -2.20. The molecule has 1 aromatic rings. The van der Waals surface area contributed by atoms with E-state index in [0.29, 0.717) is 0 Å². The number of aryl methyl sites for hydroxylation is 1. The predicted molar refractivity (Wildman–Crippen MR) is 68.3 cm³/mol. The van der Waals surface area contributed by atoms with Crippen LogP contribution in [-0.4, -0.2) is 28.3 Å². The molecule has 1 rings (SSSR count). The minimum Gasteiger partial charge on any atom is -0.297 e. The van der Waals surface area contributed by atoms with Gasteiger partial charge in [0.05, 0.1) is 5.69 Å². The molecule has 2 nitrogen and oxygen atoms in total. The van der Waals surface area contributed by atoms with Crippen molar-refractivity contribution < 1.29 is 0 Å². The molecule has 0 N–H and O–H groups in total. The lowest BCUT2D eigenvalue weighted by Crippen LogP contribution is -2.26. The maximum Gasteiger partial charge on any atom is 0.0573 e. The second kappa shape index (κ2) is 6.96. The maximum atomic E-state index is 4.43. The van der Waals surface area contributed by atoms with E-state index in [1.165, 1.54) is 17.7 Å². The number of hydrogen-bond donors (Lipinski definition) is 0. The molecular formula is C12H19BrN2. The molecule has 0 aliphatic carbocycles. The quantitative estimate of drug-likeness (QED) is 0.739. The van der Waals surface area contributed by atoms with Gasteiger partial charge < -0.3 is 0 Å². The summed E-state index contributed by atoms with van der Waals surface area (Å²) in [5.74, 6) is 0. The summed E-state index contributed by atoms with van der Waals surface area (Å²) in [4.78, 5) is 6.86. The molecule has 0 saturated heterocycles. The van der Waals surface area contributed by atoms with Crippen molar-refractivity contribution >= 4 is 15.9 Å². The van der Waals surface area contributed by atoms with E-state index in [2.05, 4.69) is 45.7 Å². The van der Waals surface area contributed by atoms with Crippen molar-refractivity contribution in [2.45, 2.75) is 26.8 Å². The molecule has 0 radical (unpaired) electrons. The Morgan fingerprint density at radius 2 is 2.20 bits per heavy atom. The smallest absolute Gasteiger partial charge is 0.0573 e. The molecule has 0 spiro atoms. The third-order valence-corrected chi connectivity index (χ3v) is 2.79. The van der Waals surface area contributed by atoms with E-state index in [9.17, 15) is 0 Å². The Balaban J connectivity index is 2.60. The fourth-order valence-electron chi connectivity index (χ4n) is 1.60. The van der Waals surface area contributed by atoms with Gasteiger partial charge in [0.15, 0.2) is 0 Å². The zero-order valence-electron chi connectivity index (χ0n) is 9.54. The monoisotopic (exact) mass is 270 g/mol. The van der Waals surface area contributed by atoms with Crippen LogP contribution in [0.25, 0.3) is 0 Å². The van der Waals surface area contributed by atoms with Crippen molar-refractivity contribution in [3.05, 3.63) is 29.6 Å². The number of hydrogen-bond acceptors (Lipinski definition) is 2. The molecule has 15 heavy (non-hydrogen) atoms. The van der Waals surface area contributed by atoms with E-state index < -0.39 is 0 Å². The molecule has 0 unspecified atom stereocenters. The summed E-state index contributed by atoms with van der Waals surface area (Å²) in [5.41, 5.74) is 2.49. The molecule has 0 aliphatic rings. The van der Waals surface area contributed by atoms with Crippen molar-refractivity contribution in [3.8, 4) is 0 Å². The van der Waals surface area contributed by atoms with E-state index in [1.54, 1.807) is 0 Å². The Morgan fingerprint density at radius 3 is 2.80 bits per heavy atom. The van der Waals surface area contributed by atoms with Gasteiger partial charge in [-0.25, -0.2) is 0 Å². The molecule has 0 aliphatic heterocycles. The van der Waals surface area contributed by atoms with Gasteiger partial charge in [0.2, 0.25) is 0 Å². The van der Waals surface area contributed by atoms with Crippen molar-refractivity contribution in [1.82, 2.24) is 9.88 Å². The van der Waals surface area contributed by atoms with Crippen LogP contribution in [0.2, 0.25) is 0 Å². The fourth-order valence-corrected chi connectivity index (χ4v) is 2.10.